The first-order valence-electron chi connectivity index (χ1n) is 6.25. The molecule has 0 radical (unpaired) electrons. The highest BCUT2D eigenvalue weighted by molar-refractivity contribution is 5.75. The van der Waals surface area contributed by atoms with Gasteiger partial charge in [-0.15, -0.1) is 0 Å². The topological polar surface area (TPSA) is 37.3 Å². The Morgan fingerprint density at radius 2 is 2.06 bits per heavy atom. The lowest BCUT2D eigenvalue weighted by molar-refractivity contribution is -0.106. The van der Waals surface area contributed by atoms with E-state index >= 15 is 0 Å². The molecule has 1 saturated carbocycles. The number of rotatable bonds is 1. The summed E-state index contributed by atoms with van der Waals surface area (Å²) in [4.78, 5) is 10.9. The maximum absolute atomic E-state index is 10.9. The number of aliphatic hydroxyl groups is 1. The van der Waals surface area contributed by atoms with Gasteiger partial charge in [0.05, 0.1) is 6.10 Å². The highest BCUT2D eigenvalue weighted by Gasteiger charge is 2.48. The van der Waals surface area contributed by atoms with Crippen molar-refractivity contribution in [2.45, 2.75) is 52.6 Å². The second-order valence-electron chi connectivity index (χ2n) is 6.41. The second kappa shape index (κ2) is 3.69. The Hall–Kier alpha value is -0.630. The van der Waals surface area contributed by atoms with Crippen molar-refractivity contribution >= 4 is 6.29 Å². The minimum Gasteiger partial charge on any atom is -0.388 e. The molecule has 0 saturated heterocycles. The molecule has 0 aromatic carbocycles. The predicted octanol–water partition coefficient (Wildman–Crippen LogP) is 2.71. The van der Waals surface area contributed by atoms with Crippen LogP contribution in [0.5, 0.6) is 0 Å². The molecule has 3 atom stereocenters. The summed E-state index contributed by atoms with van der Waals surface area (Å²) < 4.78 is 0. The van der Waals surface area contributed by atoms with Crippen molar-refractivity contribution in [2.75, 3.05) is 0 Å². The van der Waals surface area contributed by atoms with E-state index in [1.807, 2.05) is 6.08 Å². The molecule has 0 aromatic heterocycles. The van der Waals surface area contributed by atoms with Gasteiger partial charge in [-0.1, -0.05) is 33.3 Å². The number of carbonyl (C=O) groups is 1. The molecule has 2 aliphatic carbocycles. The van der Waals surface area contributed by atoms with Gasteiger partial charge in [0.1, 0.15) is 6.29 Å². The number of hydrogen-bond donors (Lipinski definition) is 1. The third-order valence-electron chi connectivity index (χ3n) is 4.75. The zero-order chi connectivity index (χ0) is 12.0. The fraction of sp³-hybridized carbons (Fsp3) is 0.786. The second-order valence-corrected chi connectivity index (χ2v) is 6.41. The van der Waals surface area contributed by atoms with Crippen LogP contribution < -0.4 is 0 Å². The molecule has 2 aliphatic rings. The Kier molecular flexibility index (Phi) is 2.73. The molecule has 0 aromatic rings. The van der Waals surface area contributed by atoms with E-state index in [0.717, 1.165) is 19.1 Å². The van der Waals surface area contributed by atoms with Gasteiger partial charge in [-0.3, -0.25) is 4.79 Å². The largest absolute Gasteiger partial charge is 0.388 e. The van der Waals surface area contributed by atoms with E-state index in [0.29, 0.717) is 11.5 Å². The summed E-state index contributed by atoms with van der Waals surface area (Å²) >= 11 is 0. The number of hydrogen-bond acceptors (Lipinski definition) is 2. The maximum atomic E-state index is 10.9. The van der Waals surface area contributed by atoms with Gasteiger partial charge in [-0.2, -0.15) is 0 Å². The SMILES string of the molecule is CC1(C)CCC[C@]2(C)C=C(C=O)C(O)C[C@H]12. The van der Waals surface area contributed by atoms with Gasteiger partial charge in [-0.05, 0) is 36.0 Å². The lowest BCUT2D eigenvalue weighted by Gasteiger charge is -2.52. The van der Waals surface area contributed by atoms with Crippen LogP contribution in [0.2, 0.25) is 0 Å². The summed E-state index contributed by atoms with van der Waals surface area (Å²) in [7, 11) is 0. The van der Waals surface area contributed by atoms with Gasteiger partial charge in [0, 0.05) is 5.57 Å². The third-order valence-corrected chi connectivity index (χ3v) is 4.75. The molecule has 2 rings (SSSR count). The van der Waals surface area contributed by atoms with Gasteiger partial charge in [0.15, 0.2) is 0 Å². The third kappa shape index (κ3) is 1.73. The number of allylic oxidation sites excluding steroid dienone is 1. The standard InChI is InChI=1S/C14H22O2/c1-13(2)5-4-6-14(3)8-10(9-15)11(16)7-12(13)14/h8-9,11-12,16H,4-7H2,1-3H3/t11?,12-,14-/m1/s1. The van der Waals surface area contributed by atoms with Gasteiger partial charge < -0.3 is 5.11 Å². The van der Waals surface area contributed by atoms with Crippen LogP contribution in [-0.2, 0) is 4.79 Å². The van der Waals surface area contributed by atoms with Crippen LogP contribution >= 0.6 is 0 Å². The molecule has 0 aliphatic heterocycles. The lowest BCUT2D eigenvalue weighted by Crippen LogP contribution is -2.46. The number of carbonyl (C=O) groups excluding carboxylic acids is 1. The summed E-state index contributed by atoms with van der Waals surface area (Å²) in [5.41, 5.74) is 0.979. The molecule has 0 bridgehead atoms. The van der Waals surface area contributed by atoms with Gasteiger partial charge in [-0.25, -0.2) is 0 Å². The normalized spacial score (nSPS) is 42.1. The van der Waals surface area contributed by atoms with E-state index in [-0.39, 0.29) is 10.8 Å². The van der Waals surface area contributed by atoms with Gasteiger partial charge in [0.25, 0.3) is 0 Å². The summed E-state index contributed by atoms with van der Waals surface area (Å²) in [5.74, 6) is 0.493. The summed E-state index contributed by atoms with van der Waals surface area (Å²) in [6.45, 7) is 6.83. The molecule has 1 fully saturated rings. The van der Waals surface area contributed by atoms with Crippen molar-refractivity contribution in [3.05, 3.63) is 11.6 Å². The predicted molar refractivity (Wildman–Crippen MR) is 64.0 cm³/mol. The van der Waals surface area contributed by atoms with E-state index in [1.165, 1.54) is 12.8 Å². The quantitative estimate of drug-likeness (QED) is 0.693. The van der Waals surface area contributed by atoms with Crippen LogP contribution in [-0.4, -0.2) is 17.5 Å². The molecule has 16 heavy (non-hydrogen) atoms. The molecular weight excluding hydrogens is 200 g/mol. The Morgan fingerprint density at radius 3 is 2.69 bits per heavy atom. The Balaban J connectivity index is 2.39. The monoisotopic (exact) mass is 222 g/mol. The lowest BCUT2D eigenvalue weighted by atomic mass is 9.52. The molecule has 0 heterocycles. The number of fused-ring (bicyclic) bond motifs is 1. The van der Waals surface area contributed by atoms with Crippen molar-refractivity contribution in [2.24, 2.45) is 16.7 Å². The zero-order valence-corrected chi connectivity index (χ0v) is 10.5. The highest BCUT2D eigenvalue weighted by Crippen LogP contribution is 2.56. The van der Waals surface area contributed by atoms with E-state index in [2.05, 4.69) is 20.8 Å². The molecule has 2 heteroatoms. The van der Waals surface area contributed by atoms with E-state index in [9.17, 15) is 9.90 Å². The van der Waals surface area contributed by atoms with E-state index < -0.39 is 6.10 Å². The van der Waals surface area contributed by atoms with Crippen LogP contribution in [0.15, 0.2) is 11.6 Å². The summed E-state index contributed by atoms with van der Waals surface area (Å²) in [5, 5.41) is 9.95. The maximum Gasteiger partial charge on any atom is 0.148 e. The van der Waals surface area contributed by atoms with Crippen molar-refractivity contribution in [1.29, 1.82) is 0 Å². The van der Waals surface area contributed by atoms with E-state index in [1.54, 1.807) is 0 Å². The molecule has 0 amide bonds. The first kappa shape index (κ1) is 11.8. The summed E-state index contributed by atoms with van der Waals surface area (Å²) in [6.07, 6.45) is 6.66. The number of aliphatic hydroxyl groups excluding tert-OH is 1. The Labute approximate surface area is 97.7 Å². The van der Waals surface area contributed by atoms with Crippen molar-refractivity contribution < 1.29 is 9.90 Å². The highest BCUT2D eigenvalue weighted by atomic mass is 16.3. The number of aldehydes is 1. The molecule has 1 N–H and O–H groups in total. The molecule has 0 spiro atoms. The summed E-state index contributed by atoms with van der Waals surface area (Å²) in [6, 6.07) is 0. The molecule has 1 unspecified atom stereocenters. The fourth-order valence-corrected chi connectivity index (χ4v) is 3.88. The minimum absolute atomic E-state index is 0.108. The van der Waals surface area contributed by atoms with E-state index in [4.69, 9.17) is 0 Å². The van der Waals surface area contributed by atoms with Crippen molar-refractivity contribution in [3.8, 4) is 0 Å². The van der Waals surface area contributed by atoms with Crippen LogP contribution in [0, 0.1) is 16.7 Å². The fourth-order valence-electron chi connectivity index (χ4n) is 3.88. The zero-order valence-electron chi connectivity index (χ0n) is 10.5. The van der Waals surface area contributed by atoms with Crippen molar-refractivity contribution in [1.82, 2.24) is 0 Å². The average molecular weight is 222 g/mol. The molecule has 90 valence electrons. The molecule has 2 nitrogen and oxygen atoms in total. The van der Waals surface area contributed by atoms with Gasteiger partial charge in [0.2, 0.25) is 0 Å². The average Bonchev–Trinajstić information content (AvgIpc) is 2.19. The Bertz CT molecular complexity index is 330. The van der Waals surface area contributed by atoms with Crippen LogP contribution in [0.3, 0.4) is 0 Å². The smallest absolute Gasteiger partial charge is 0.148 e. The van der Waals surface area contributed by atoms with Crippen molar-refractivity contribution in [3.63, 3.8) is 0 Å². The minimum atomic E-state index is -0.548. The van der Waals surface area contributed by atoms with Gasteiger partial charge >= 0.3 is 0 Å². The van der Waals surface area contributed by atoms with Crippen LogP contribution in [0.4, 0.5) is 0 Å². The Morgan fingerprint density at radius 1 is 1.38 bits per heavy atom. The first-order chi connectivity index (χ1) is 7.39. The first-order valence-corrected chi connectivity index (χ1v) is 6.25. The van der Waals surface area contributed by atoms with Crippen LogP contribution in [0.1, 0.15) is 46.5 Å². The van der Waals surface area contributed by atoms with Crippen LogP contribution in [0.25, 0.3) is 0 Å². The molecular formula is C14H22O2.